The number of hydrogen-bond donors (Lipinski definition) is 1. The van der Waals surface area contributed by atoms with Gasteiger partial charge in [-0.15, -0.1) is 0 Å². The molecule has 0 radical (unpaired) electrons. The fourth-order valence-electron chi connectivity index (χ4n) is 3.05. The van der Waals surface area contributed by atoms with Crippen LogP contribution in [0.2, 0.25) is 0 Å². The second kappa shape index (κ2) is 8.80. The predicted molar refractivity (Wildman–Crippen MR) is 114 cm³/mol. The average Bonchev–Trinajstić information content (AvgIpc) is 3.05. The van der Waals surface area contributed by atoms with Gasteiger partial charge in [0.05, 0.1) is 10.2 Å². The number of nitriles is 1. The predicted octanol–water partition coefficient (Wildman–Crippen LogP) is 3.08. The van der Waals surface area contributed by atoms with E-state index < -0.39 is 16.1 Å². The second-order valence-corrected chi connectivity index (χ2v) is 7.81. The summed E-state index contributed by atoms with van der Waals surface area (Å²) >= 11 is 1.11. The third-order valence-electron chi connectivity index (χ3n) is 4.57. The fraction of sp³-hybridized carbons (Fsp3) is 0.190. The van der Waals surface area contributed by atoms with Crippen LogP contribution in [0.5, 0.6) is 0 Å². The number of nitrogens with one attached hydrogen (secondary N) is 1. The first-order valence-electron chi connectivity index (χ1n) is 9.02. The second-order valence-electron chi connectivity index (χ2n) is 6.62. The van der Waals surface area contributed by atoms with Crippen molar-refractivity contribution < 1.29 is 14.5 Å². The summed E-state index contributed by atoms with van der Waals surface area (Å²) in [5.41, 5.74) is 1.96. The summed E-state index contributed by atoms with van der Waals surface area (Å²) in [7, 11) is 1.42. The molecule has 30 heavy (non-hydrogen) atoms. The monoisotopic (exact) mass is 422 g/mol. The molecule has 9 heteroatoms. The van der Waals surface area contributed by atoms with E-state index in [1.54, 1.807) is 24.3 Å². The third kappa shape index (κ3) is 4.18. The molecule has 3 rings (SSSR count). The largest absolute Gasteiger partial charge is 0.354 e. The number of hydrogen-bond acceptors (Lipinski definition) is 6. The maximum Gasteiger partial charge on any atom is 0.269 e. The average molecular weight is 422 g/mol. The van der Waals surface area contributed by atoms with Gasteiger partial charge in [0.1, 0.15) is 16.7 Å². The number of nitro groups is 1. The van der Waals surface area contributed by atoms with Gasteiger partial charge in [-0.2, -0.15) is 5.26 Å². The Labute approximate surface area is 177 Å². The van der Waals surface area contributed by atoms with Crippen LogP contribution in [0.1, 0.15) is 11.1 Å². The molecular formula is C21H18N4O4S. The summed E-state index contributed by atoms with van der Waals surface area (Å²) in [5, 5.41) is 22.7. The molecule has 2 amide bonds. The molecule has 0 unspecified atom stereocenters. The molecule has 1 aliphatic rings. The van der Waals surface area contributed by atoms with Crippen molar-refractivity contribution in [3.63, 3.8) is 0 Å². The first-order valence-corrected chi connectivity index (χ1v) is 9.90. The molecular weight excluding hydrogens is 404 g/mol. The molecule has 1 heterocycles. The smallest absolute Gasteiger partial charge is 0.269 e. The van der Waals surface area contributed by atoms with Crippen molar-refractivity contribution >= 4 is 35.0 Å². The van der Waals surface area contributed by atoms with Crippen LogP contribution in [0.4, 0.5) is 11.4 Å². The van der Waals surface area contributed by atoms with Crippen LogP contribution in [0.15, 0.2) is 59.1 Å². The molecule has 0 aromatic heterocycles. The Balaban J connectivity index is 2.03. The minimum atomic E-state index is -0.628. The molecule has 0 aliphatic carbocycles. The first kappa shape index (κ1) is 21.1. The lowest BCUT2D eigenvalue weighted by molar-refractivity contribution is -0.384. The molecule has 2 aromatic carbocycles. The summed E-state index contributed by atoms with van der Waals surface area (Å²) < 4.78 is 0. The van der Waals surface area contributed by atoms with Crippen LogP contribution in [-0.2, 0) is 16.0 Å². The van der Waals surface area contributed by atoms with Crippen LogP contribution in [0, 0.1) is 28.4 Å². The lowest BCUT2D eigenvalue weighted by atomic mass is 10.1. The zero-order valence-electron chi connectivity index (χ0n) is 16.3. The standard InChI is InChI=1S/C21H18N4O4S/c1-13-6-8-15(9-7-13)24-20(27)18(30-21(24)17(12-22)19(26)23-2)11-14-4-3-5-16(10-14)25(28)29/h3-10,18H,11H2,1-2H3,(H,23,26)/b21-17-/t18-/m1/s1. The normalized spacial score (nSPS) is 17.4. The molecule has 8 nitrogen and oxygen atoms in total. The van der Waals surface area contributed by atoms with Gasteiger partial charge < -0.3 is 5.32 Å². The highest BCUT2D eigenvalue weighted by atomic mass is 32.2. The molecule has 1 atom stereocenters. The van der Waals surface area contributed by atoms with Gasteiger partial charge in [0.25, 0.3) is 11.6 Å². The molecule has 1 fully saturated rings. The molecule has 1 aliphatic heterocycles. The summed E-state index contributed by atoms with van der Waals surface area (Å²) in [5.74, 6) is -0.872. The summed E-state index contributed by atoms with van der Waals surface area (Å²) in [6, 6.07) is 15.2. The number of non-ortho nitro benzene ring substituents is 1. The highest BCUT2D eigenvalue weighted by molar-refractivity contribution is 8.05. The topological polar surface area (TPSA) is 116 Å². The fourth-order valence-corrected chi connectivity index (χ4v) is 4.36. The van der Waals surface area contributed by atoms with Crippen LogP contribution in [-0.4, -0.2) is 29.0 Å². The Hall–Kier alpha value is -3.64. The van der Waals surface area contributed by atoms with Crippen LogP contribution in [0.25, 0.3) is 0 Å². The van der Waals surface area contributed by atoms with Crippen molar-refractivity contribution in [3.8, 4) is 6.07 Å². The number of nitrogens with zero attached hydrogens (tertiary/aromatic N) is 3. The van der Waals surface area contributed by atoms with Gasteiger partial charge in [-0.1, -0.05) is 41.6 Å². The van der Waals surface area contributed by atoms with Gasteiger partial charge in [-0.25, -0.2) is 0 Å². The molecule has 1 N–H and O–H groups in total. The number of thioether (sulfide) groups is 1. The minimum absolute atomic E-state index is 0.0582. The maximum atomic E-state index is 13.3. The number of amides is 2. The van der Waals surface area contributed by atoms with Gasteiger partial charge in [-0.05, 0) is 31.0 Å². The van der Waals surface area contributed by atoms with Crippen molar-refractivity contribution in [2.45, 2.75) is 18.6 Å². The third-order valence-corrected chi connectivity index (χ3v) is 5.83. The van der Waals surface area contributed by atoms with E-state index in [0.29, 0.717) is 11.3 Å². The van der Waals surface area contributed by atoms with E-state index >= 15 is 0 Å². The highest BCUT2D eigenvalue weighted by Gasteiger charge is 2.40. The van der Waals surface area contributed by atoms with E-state index in [1.165, 1.54) is 24.1 Å². The summed E-state index contributed by atoms with van der Waals surface area (Å²) in [6.07, 6.45) is 0.226. The van der Waals surface area contributed by atoms with E-state index in [0.717, 1.165) is 17.3 Å². The summed E-state index contributed by atoms with van der Waals surface area (Å²) in [6.45, 7) is 1.91. The van der Waals surface area contributed by atoms with Crippen molar-refractivity contribution in [1.82, 2.24) is 5.32 Å². The number of anilines is 1. The van der Waals surface area contributed by atoms with Gasteiger partial charge in [0.2, 0.25) is 5.91 Å². The summed E-state index contributed by atoms with van der Waals surface area (Å²) in [4.78, 5) is 37.4. The van der Waals surface area contributed by atoms with Crippen LogP contribution in [0.3, 0.4) is 0 Å². The Morgan fingerprint density at radius 2 is 2.00 bits per heavy atom. The van der Waals surface area contributed by atoms with Gasteiger partial charge >= 0.3 is 0 Å². The first-order chi connectivity index (χ1) is 14.3. The van der Waals surface area contributed by atoms with Gasteiger partial charge in [0.15, 0.2) is 0 Å². The lowest BCUT2D eigenvalue weighted by Gasteiger charge is -2.18. The van der Waals surface area contributed by atoms with Crippen LogP contribution >= 0.6 is 11.8 Å². The number of nitro benzene ring substituents is 1. The molecule has 2 aromatic rings. The zero-order chi connectivity index (χ0) is 21.8. The number of carbonyl (C=O) groups excluding carboxylic acids is 2. The van der Waals surface area contributed by atoms with E-state index in [2.05, 4.69) is 5.32 Å². The number of rotatable bonds is 5. The number of likely N-dealkylation sites (N-methyl/N-ethyl adjacent to an activating group) is 1. The molecule has 1 saturated heterocycles. The Bertz CT molecular complexity index is 1090. The Kier molecular flexibility index (Phi) is 6.18. The molecule has 152 valence electrons. The zero-order valence-corrected chi connectivity index (χ0v) is 17.1. The number of benzene rings is 2. The number of aryl methyl sites for hydroxylation is 1. The van der Waals surface area contributed by atoms with Crippen molar-refractivity contribution in [1.29, 1.82) is 5.26 Å². The van der Waals surface area contributed by atoms with Gasteiger partial charge in [-0.3, -0.25) is 24.6 Å². The molecule has 0 spiro atoms. The van der Waals surface area contributed by atoms with Crippen molar-refractivity contribution in [2.75, 3.05) is 11.9 Å². The van der Waals surface area contributed by atoms with E-state index in [-0.39, 0.29) is 28.6 Å². The van der Waals surface area contributed by atoms with Crippen LogP contribution < -0.4 is 10.2 Å². The van der Waals surface area contributed by atoms with E-state index in [1.807, 2.05) is 25.1 Å². The Morgan fingerprint density at radius 1 is 1.30 bits per heavy atom. The molecule has 0 bridgehead atoms. The quantitative estimate of drug-likeness (QED) is 0.343. The van der Waals surface area contributed by atoms with E-state index in [9.17, 15) is 25.0 Å². The number of carbonyl (C=O) groups is 2. The lowest BCUT2D eigenvalue weighted by Crippen LogP contribution is -2.31. The minimum Gasteiger partial charge on any atom is -0.354 e. The van der Waals surface area contributed by atoms with E-state index in [4.69, 9.17) is 0 Å². The van der Waals surface area contributed by atoms with Gasteiger partial charge in [0, 0.05) is 24.9 Å². The highest BCUT2D eigenvalue weighted by Crippen LogP contribution is 2.42. The SMILES string of the molecule is CNC(=O)/C(C#N)=C1\S[C@H](Cc2cccc([N+](=O)[O-])c2)C(=O)N1c1ccc(C)cc1. The van der Waals surface area contributed by atoms with Crippen molar-refractivity contribution in [2.24, 2.45) is 0 Å². The molecule has 0 saturated carbocycles. The Morgan fingerprint density at radius 3 is 2.60 bits per heavy atom. The maximum absolute atomic E-state index is 13.3. The van der Waals surface area contributed by atoms with Crippen molar-refractivity contribution in [3.05, 3.63) is 80.4 Å².